The number of rotatable bonds is 3. The lowest BCUT2D eigenvalue weighted by atomic mass is 10.2. The topological polar surface area (TPSA) is 49.9 Å². The molecule has 2 aromatic rings. The number of H-pyrrole nitrogens is 1. The van der Waals surface area contributed by atoms with E-state index in [1.165, 1.54) is 6.07 Å². The smallest absolute Gasteiger partial charge is 0.376 e. The molecule has 108 valence electrons. The second-order valence-electron chi connectivity index (χ2n) is 4.83. The van der Waals surface area contributed by atoms with Crippen molar-refractivity contribution in [3.63, 3.8) is 0 Å². The third-order valence-corrected chi connectivity index (χ3v) is 3.33. The third kappa shape index (κ3) is 2.72. The number of benzene rings is 1. The van der Waals surface area contributed by atoms with Crippen LogP contribution in [0, 0.1) is 0 Å². The zero-order chi connectivity index (χ0) is 14.2. The normalized spacial score (nSPS) is 19.6. The predicted octanol–water partition coefficient (Wildman–Crippen LogP) is 3.17. The van der Waals surface area contributed by atoms with Crippen LogP contribution < -0.4 is 5.32 Å². The van der Waals surface area contributed by atoms with E-state index in [9.17, 15) is 13.2 Å². The fourth-order valence-corrected chi connectivity index (χ4v) is 2.28. The summed E-state index contributed by atoms with van der Waals surface area (Å²) in [5.74, 6) is 0.467. The fraction of sp³-hybridized carbons (Fsp3) is 0.462. The Kier molecular flexibility index (Phi) is 3.29. The highest BCUT2D eigenvalue weighted by Gasteiger charge is 2.30. The van der Waals surface area contributed by atoms with E-state index in [0.717, 1.165) is 31.6 Å². The highest BCUT2D eigenvalue weighted by Crippen LogP contribution is 2.31. The standard InChI is InChI=1S/C13H14F3N3O/c14-13(15,16)8-3-4-10-11(6-8)19-12(18-10)17-7-9-2-1-5-20-9/h3-4,6,9H,1-2,5,7H2,(H2,17,18,19). The Labute approximate surface area is 113 Å². The monoisotopic (exact) mass is 285 g/mol. The van der Waals surface area contributed by atoms with E-state index >= 15 is 0 Å². The van der Waals surface area contributed by atoms with Crippen LogP contribution in [0.2, 0.25) is 0 Å². The van der Waals surface area contributed by atoms with Gasteiger partial charge in [-0.05, 0) is 31.0 Å². The van der Waals surface area contributed by atoms with E-state index in [4.69, 9.17) is 4.74 Å². The second-order valence-corrected chi connectivity index (χ2v) is 4.83. The summed E-state index contributed by atoms with van der Waals surface area (Å²) >= 11 is 0. The molecule has 4 nitrogen and oxygen atoms in total. The molecule has 20 heavy (non-hydrogen) atoms. The molecule has 1 unspecified atom stereocenters. The van der Waals surface area contributed by atoms with Crippen molar-refractivity contribution in [2.24, 2.45) is 0 Å². The molecule has 1 atom stereocenters. The molecule has 0 amide bonds. The van der Waals surface area contributed by atoms with Gasteiger partial charge in [-0.1, -0.05) is 0 Å². The molecule has 1 aliphatic heterocycles. The summed E-state index contributed by atoms with van der Waals surface area (Å²) in [6.45, 7) is 1.37. The molecular formula is C13H14F3N3O. The average Bonchev–Trinajstić information content (AvgIpc) is 3.03. The molecule has 1 saturated heterocycles. The van der Waals surface area contributed by atoms with Crippen LogP contribution in [-0.4, -0.2) is 29.2 Å². The van der Waals surface area contributed by atoms with Crippen LogP contribution in [0.25, 0.3) is 11.0 Å². The van der Waals surface area contributed by atoms with Gasteiger partial charge >= 0.3 is 6.18 Å². The van der Waals surface area contributed by atoms with Gasteiger partial charge < -0.3 is 15.0 Å². The molecule has 2 heterocycles. The van der Waals surface area contributed by atoms with E-state index in [1.807, 2.05) is 0 Å². The van der Waals surface area contributed by atoms with E-state index in [1.54, 1.807) is 0 Å². The Bertz CT molecular complexity index is 602. The molecule has 3 rings (SSSR count). The number of aromatic nitrogens is 2. The lowest BCUT2D eigenvalue weighted by molar-refractivity contribution is -0.137. The van der Waals surface area contributed by atoms with Crippen LogP contribution in [0.5, 0.6) is 0 Å². The first kappa shape index (κ1) is 13.2. The molecule has 0 aliphatic carbocycles. The van der Waals surface area contributed by atoms with E-state index in [2.05, 4.69) is 15.3 Å². The van der Waals surface area contributed by atoms with Gasteiger partial charge in [-0.25, -0.2) is 4.98 Å². The number of imidazole rings is 1. The van der Waals surface area contributed by atoms with Gasteiger partial charge in [-0.15, -0.1) is 0 Å². The van der Waals surface area contributed by atoms with Crippen LogP contribution in [0.15, 0.2) is 18.2 Å². The number of aromatic amines is 1. The summed E-state index contributed by atoms with van der Waals surface area (Å²) in [4.78, 5) is 7.08. The lowest BCUT2D eigenvalue weighted by Gasteiger charge is -2.09. The van der Waals surface area contributed by atoms with Crippen molar-refractivity contribution >= 4 is 17.0 Å². The molecule has 7 heteroatoms. The zero-order valence-corrected chi connectivity index (χ0v) is 10.6. The minimum atomic E-state index is -4.35. The maximum absolute atomic E-state index is 12.6. The van der Waals surface area contributed by atoms with Crippen molar-refractivity contribution in [1.29, 1.82) is 0 Å². The van der Waals surface area contributed by atoms with Crippen molar-refractivity contribution in [1.82, 2.24) is 9.97 Å². The van der Waals surface area contributed by atoms with E-state index in [-0.39, 0.29) is 6.10 Å². The maximum Gasteiger partial charge on any atom is 0.416 e. The number of hydrogen-bond acceptors (Lipinski definition) is 3. The SMILES string of the molecule is FC(F)(F)c1ccc2[nH]c(NCC3CCCO3)nc2c1. The van der Waals surface area contributed by atoms with Gasteiger partial charge in [0.2, 0.25) is 5.95 Å². The van der Waals surface area contributed by atoms with Gasteiger partial charge in [-0.2, -0.15) is 13.2 Å². The first-order valence-corrected chi connectivity index (χ1v) is 6.45. The molecule has 0 radical (unpaired) electrons. The number of ether oxygens (including phenoxy) is 1. The number of alkyl halides is 3. The zero-order valence-electron chi connectivity index (χ0n) is 10.6. The molecule has 1 aromatic heterocycles. The van der Waals surface area contributed by atoms with Crippen LogP contribution in [0.3, 0.4) is 0 Å². The van der Waals surface area contributed by atoms with Crippen LogP contribution in [-0.2, 0) is 10.9 Å². The maximum atomic E-state index is 12.6. The lowest BCUT2D eigenvalue weighted by Crippen LogP contribution is -2.18. The van der Waals surface area contributed by atoms with Gasteiger partial charge in [0.1, 0.15) is 0 Å². The largest absolute Gasteiger partial charge is 0.416 e. The van der Waals surface area contributed by atoms with Gasteiger partial charge in [0, 0.05) is 13.2 Å². The van der Waals surface area contributed by atoms with Crippen molar-refractivity contribution < 1.29 is 17.9 Å². The minimum Gasteiger partial charge on any atom is -0.376 e. The van der Waals surface area contributed by atoms with E-state index in [0.29, 0.717) is 23.5 Å². The first-order chi connectivity index (χ1) is 9.52. The quantitative estimate of drug-likeness (QED) is 0.910. The van der Waals surface area contributed by atoms with E-state index < -0.39 is 11.7 Å². The molecule has 1 fully saturated rings. The fourth-order valence-electron chi connectivity index (χ4n) is 2.28. The Balaban J connectivity index is 1.76. The van der Waals surface area contributed by atoms with Crippen LogP contribution >= 0.6 is 0 Å². The Hall–Kier alpha value is -1.76. The Morgan fingerprint density at radius 1 is 1.40 bits per heavy atom. The summed E-state index contributed by atoms with van der Waals surface area (Å²) in [6, 6.07) is 3.48. The first-order valence-electron chi connectivity index (χ1n) is 6.45. The van der Waals surface area contributed by atoms with Crippen LogP contribution in [0.4, 0.5) is 19.1 Å². The molecule has 0 spiro atoms. The summed E-state index contributed by atoms with van der Waals surface area (Å²) in [5.41, 5.74) is 0.185. The summed E-state index contributed by atoms with van der Waals surface area (Å²) < 4.78 is 43.3. The van der Waals surface area contributed by atoms with Crippen LogP contribution in [0.1, 0.15) is 18.4 Å². The number of anilines is 1. The second kappa shape index (κ2) is 4.97. The van der Waals surface area contributed by atoms with Crippen molar-refractivity contribution in [2.45, 2.75) is 25.1 Å². The van der Waals surface area contributed by atoms with Gasteiger partial charge in [0.05, 0.1) is 22.7 Å². The van der Waals surface area contributed by atoms with Crippen molar-refractivity contribution in [2.75, 3.05) is 18.5 Å². The minimum absolute atomic E-state index is 0.147. The number of fused-ring (bicyclic) bond motifs is 1. The van der Waals surface area contributed by atoms with Crippen molar-refractivity contribution in [3.8, 4) is 0 Å². The predicted molar refractivity (Wildman–Crippen MR) is 68.6 cm³/mol. The third-order valence-electron chi connectivity index (χ3n) is 3.33. The Morgan fingerprint density at radius 2 is 2.25 bits per heavy atom. The highest BCUT2D eigenvalue weighted by atomic mass is 19.4. The van der Waals surface area contributed by atoms with Gasteiger partial charge in [0.15, 0.2) is 0 Å². The average molecular weight is 285 g/mol. The molecule has 0 bridgehead atoms. The number of nitrogens with one attached hydrogen (secondary N) is 2. The molecule has 1 aliphatic rings. The highest BCUT2D eigenvalue weighted by molar-refractivity contribution is 5.78. The molecule has 1 aromatic carbocycles. The van der Waals surface area contributed by atoms with Gasteiger partial charge in [-0.3, -0.25) is 0 Å². The van der Waals surface area contributed by atoms with Crippen molar-refractivity contribution in [3.05, 3.63) is 23.8 Å². The number of halogens is 3. The molecule has 2 N–H and O–H groups in total. The molecule has 0 saturated carbocycles. The summed E-state index contributed by atoms with van der Waals surface area (Å²) in [7, 11) is 0. The molecular weight excluding hydrogens is 271 g/mol. The number of hydrogen-bond donors (Lipinski definition) is 2. The number of nitrogens with zero attached hydrogens (tertiary/aromatic N) is 1. The Morgan fingerprint density at radius 3 is 2.95 bits per heavy atom. The summed E-state index contributed by atoms with van der Waals surface area (Å²) in [5, 5.41) is 3.06. The summed E-state index contributed by atoms with van der Waals surface area (Å²) in [6.07, 6.45) is -2.17. The van der Waals surface area contributed by atoms with Gasteiger partial charge in [0.25, 0.3) is 0 Å².